The van der Waals surface area contributed by atoms with Crippen molar-refractivity contribution < 1.29 is 22.7 Å². The second-order valence-corrected chi connectivity index (χ2v) is 8.73. The number of hydrogen-bond donors (Lipinski definition) is 2. The SMILES string of the molecule is Cc1c[nH]c(=O)n1-c1ccc(C(=O)O[C@H](C)C(=O)c2ccc(NS(C)(=O)=O)cc2)cc1. The first kappa shape index (κ1) is 22.0. The van der Waals surface area contributed by atoms with E-state index in [1.807, 2.05) is 0 Å². The average molecular weight is 443 g/mol. The maximum Gasteiger partial charge on any atom is 0.338 e. The van der Waals surface area contributed by atoms with Gasteiger partial charge in [0.05, 0.1) is 17.5 Å². The Morgan fingerprint density at radius 3 is 2.13 bits per heavy atom. The summed E-state index contributed by atoms with van der Waals surface area (Å²) in [6.07, 6.45) is 1.56. The fourth-order valence-corrected chi connectivity index (χ4v) is 3.52. The minimum absolute atomic E-state index is 0.234. The number of nitrogens with one attached hydrogen (secondary N) is 2. The van der Waals surface area contributed by atoms with Crippen LogP contribution in [0.5, 0.6) is 0 Å². The van der Waals surface area contributed by atoms with Crippen LogP contribution in [0.4, 0.5) is 5.69 Å². The van der Waals surface area contributed by atoms with Crippen molar-refractivity contribution in [2.45, 2.75) is 20.0 Å². The van der Waals surface area contributed by atoms with E-state index in [0.29, 0.717) is 11.4 Å². The highest BCUT2D eigenvalue weighted by molar-refractivity contribution is 7.92. The van der Waals surface area contributed by atoms with Gasteiger partial charge in [-0.05, 0) is 62.4 Å². The highest BCUT2D eigenvalue weighted by Gasteiger charge is 2.21. The number of H-pyrrole nitrogens is 1. The fraction of sp³-hybridized carbons (Fsp3) is 0.190. The van der Waals surface area contributed by atoms with Crippen LogP contribution in [0.25, 0.3) is 5.69 Å². The van der Waals surface area contributed by atoms with Crippen LogP contribution in [0.1, 0.15) is 33.3 Å². The minimum Gasteiger partial charge on any atom is -0.451 e. The lowest BCUT2D eigenvalue weighted by Gasteiger charge is -2.13. The van der Waals surface area contributed by atoms with Gasteiger partial charge >= 0.3 is 11.7 Å². The second kappa shape index (κ2) is 8.60. The Balaban J connectivity index is 1.67. The highest BCUT2D eigenvalue weighted by atomic mass is 32.2. The summed E-state index contributed by atoms with van der Waals surface area (Å²) >= 11 is 0. The summed E-state index contributed by atoms with van der Waals surface area (Å²) in [5.74, 6) is -1.11. The van der Waals surface area contributed by atoms with Crippen LogP contribution in [0, 0.1) is 6.92 Å². The lowest BCUT2D eigenvalue weighted by molar-refractivity contribution is 0.0319. The number of rotatable bonds is 7. The predicted molar refractivity (Wildman–Crippen MR) is 115 cm³/mol. The van der Waals surface area contributed by atoms with Gasteiger partial charge in [0, 0.05) is 23.1 Å². The number of ketones is 1. The molecule has 0 unspecified atom stereocenters. The highest BCUT2D eigenvalue weighted by Crippen LogP contribution is 2.15. The van der Waals surface area contributed by atoms with Crippen molar-refractivity contribution in [2.75, 3.05) is 11.0 Å². The third-order valence-corrected chi connectivity index (χ3v) is 5.05. The van der Waals surface area contributed by atoms with Crippen molar-refractivity contribution in [3.63, 3.8) is 0 Å². The number of hydrogen-bond acceptors (Lipinski definition) is 6. The number of carbonyl (C=O) groups excluding carboxylic acids is 2. The molecule has 1 atom stereocenters. The van der Waals surface area contributed by atoms with Crippen molar-refractivity contribution in [3.8, 4) is 5.69 Å². The molecule has 31 heavy (non-hydrogen) atoms. The number of anilines is 1. The molecule has 9 nitrogen and oxygen atoms in total. The molecular formula is C21H21N3O6S. The maximum atomic E-state index is 12.5. The number of sulfonamides is 1. The Hall–Kier alpha value is -3.66. The smallest absolute Gasteiger partial charge is 0.338 e. The van der Waals surface area contributed by atoms with Gasteiger partial charge in [-0.2, -0.15) is 0 Å². The molecule has 0 aliphatic carbocycles. The Morgan fingerprint density at radius 2 is 1.61 bits per heavy atom. The van der Waals surface area contributed by atoms with Crippen LogP contribution in [0.15, 0.2) is 59.5 Å². The zero-order valence-electron chi connectivity index (χ0n) is 17.1. The topological polar surface area (TPSA) is 127 Å². The van der Waals surface area contributed by atoms with E-state index >= 15 is 0 Å². The van der Waals surface area contributed by atoms with E-state index in [0.717, 1.165) is 11.9 Å². The molecule has 3 rings (SSSR count). The summed E-state index contributed by atoms with van der Waals surface area (Å²) in [5.41, 5.74) is 1.85. The molecule has 0 radical (unpaired) electrons. The van der Waals surface area contributed by atoms with Crippen molar-refractivity contribution in [3.05, 3.63) is 82.0 Å². The monoisotopic (exact) mass is 443 g/mol. The lowest BCUT2D eigenvalue weighted by Crippen LogP contribution is -2.24. The van der Waals surface area contributed by atoms with Crippen molar-refractivity contribution in [1.82, 2.24) is 9.55 Å². The number of benzene rings is 2. The van der Waals surface area contributed by atoms with Gasteiger partial charge in [-0.3, -0.25) is 14.1 Å². The molecule has 162 valence electrons. The first-order valence-corrected chi connectivity index (χ1v) is 11.1. The maximum absolute atomic E-state index is 12.5. The molecule has 0 aliphatic heterocycles. The molecule has 1 aromatic heterocycles. The summed E-state index contributed by atoms with van der Waals surface area (Å²) in [7, 11) is -3.42. The molecule has 0 bridgehead atoms. The Bertz CT molecular complexity index is 1270. The zero-order chi connectivity index (χ0) is 22.8. The van der Waals surface area contributed by atoms with E-state index in [9.17, 15) is 22.8 Å². The van der Waals surface area contributed by atoms with Crippen LogP contribution in [0.2, 0.25) is 0 Å². The Morgan fingerprint density at radius 1 is 1.03 bits per heavy atom. The predicted octanol–water partition coefficient (Wildman–Crippen LogP) is 2.27. The lowest BCUT2D eigenvalue weighted by atomic mass is 10.1. The molecule has 0 amide bonds. The molecule has 3 aromatic rings. The molecule has 0 saturated carbocycles. The molecule has 0 aliphatic rings. The molecule has 0 spiro atoms. The van der Waals surface area contributed by atoms with Gasteiger partial charge in [0.2, 0.25) is 15.8 Å². The number of aromatic amines is 1. The van der Waals surface area contributed by atoms with Gasteiger partial charge in [0.25, 0.3) is 0 Å². The number of nitrogens with zero attached hydrogens (tertiary/aromatic N) is 1. The second-order valence-electron chi connectivity index (χ2n) is 6.98. The fourth-order valence-electron chi connectivity index (χ4n) is 2.96. The molecule has 0 saturated heterocycles. The number of Topliss-reactive ketones (excluding diaryl/α,β-unsaturated/α-hetero) is 1. The zero-order valence-corrected chi connectivity index (χ0v) is 17.9. The molecular weight excluding hydrogens is 422 g/mol. The van der Waals surface area contributed by atoms with Crippen molar-refractivity contribution in [2.24, 2.45) is 0 Å². The van der Waals surface area contributed by atoms with Gasteiger partial charge in [0.15, 0.2) is 6.10 Å². The standard InChI is InChI=1S/C21H21N3O6S/c1-13-12-22-21(27)24(13)18-10-6-16(7-11-18)20(26)30-14(2)19(25)15-4-8-17(9-5-15)23-31(3,28)29/h4-12,14,23H,1-3H3,(H,22,27)/t14-/m1/s1. The van der Waals surface area contributed by atoms with Gasteiger partial charge in [-0.15, -0.1) is 0 Å². The molecule has 2 N–H and O–H groups in total. The van der Waals surface area contributed by atoms with Crippen molar-refractivity contribution in [1.29, 1.82) is 0 Å². The largest absolute Gasteiger partial charge is 0.451 e. The number of esters is 1. The van der Waals surface area contributed by atoms with E-state index in [1.165, 1.54) is 47.9 Å². The van der Waals surface area contributed by atoms with Gasteiger partial charge in [-0.25, -0.2) is 18.0 Å². The van der Waals surface area contributed by atoms with Crippen LogP contribution < -0.4 is 10.4 Å². The summed E-state index contributed by atoms with van der Waals surface area (Å²) in [6.45, 7) is 3.23. The molecule has 2 aromatic carbocycles. The average Bonchev–Trinajstić information content (AvgIpc) is 3.05. The number of aryl methyl sites for hydroxylation is 1. The van der Waals surface area contributed by atoms with Gasteiger partial charge in [-0.1, -0.05) is 0 Å². The number of imidazole rings is 1. The molecule has 1 heterocycles. The number of aromatic nitrogens is 2. The quantitative estimate of drug-likeness (QED) is 0.426. The first-order valence-electron chi connectivity index (χ1n) is 9.25. The number of carbonyl (C=O) groups is 2. The normalized spacial score (nSPS) is 12.2. The van der Waals surface area contributed by atoms with Crippen LogP contribution in [-0.4, -0.2) is 42.1 Å². The minimum atomic E-state index is -3.42. The molecule has 0 fully saturated rings. The van der Waals surface area contributed by atoms with E-state index in [2.05, 4.69) is 9.71 Å². The van der Waals surface area contributed by atoms with E-state index in [4.69, 9.17) is 4.74 Å². The van der Waals surface area contributed by atoms with Gasteiger partial charge < -0.3 is 9.72 Å². The van der Waals surface area contributed by atoms with E-state index in [1.54, 1.807) is 25.3 Å². The summed E-state index contributed by atoms with van der Waals surface area (Å²) < 4.78 is 31.5. The third kappa shape index (κ3) is 5.28. The Labute approximate surface area is 178 Å². The van der Waals surface area contributed by atoms with Crippen LogP contribution in [0.3, 0.4) is 0 Å². The summed E-state index contributed by atoms with van der Waals surface area (Å²) in [5, 5.41) is 0. The summed E-state index contributed by atoms with van der Waals surface area (Å²) in [4.78, 5) is 39.4. The molecule has 10 heteroatoms. The number of ether oxygens (including phenoxy) is 1. The van der Waals surface area contributed by atoms with E-state index in [-0.39, 0.29) is 16.8 Å². The Kier molecular flexibility index (Phi) is 6.11. The van der Waals surface area contributed by atoms with Crippen molar-refractivity contribution >= 4 is 27.5 Å². The van der Waals surface area contributed by atoms with Gasteiger partial charge in [0.1, 0.15) is 0 Å². The summed E-state index contributed by atoms with van der Waals surface area (Å²) in [6, 6.07) is 12.0. The third-order valence-electron chi connectivity index (χ3n) is 4.45. The van der Waals surface area contributed by atoms with E-state index < -0.39 is 27.9 Å². The van der Waals surface area contributed by atoms with Crippen LogP contribution in [-0.2, 0) is 14.8 Å². The van der Waals surface area contributed by atoms with Crippen LogP contribution >= 0.6 is 0 Å². The first-order chi connectivity index (χ1) is 14.5.